The fraction of sp³-hybridized carbons (Fsp3) is 0.430. The number of fused-ring (bicyclic) bond motifs is 12. The zero-order valence-electron chi connectivity index (χ0n) is 73.1. The SMILES string of the molecule is CC(C)CN1c2ccccc2C(C)(C)C12C=Nc1c(ccc3ccc(OC(=O)CCC(=O)OC(C)COCC(COCC(C)OC(=O)CCC(=O)Oc4ccc5ccc6c(c5c4)N=CC4(O6)N(CC(C)C)c5ccccc5C4(C)C)OCC(C)OC(=O)CCC(=O)Oc4ccc5ccc6c(c5c4)N=CC4(O6)N(CC(C)C)c5ccccc5C4(C)C)cc13)C2. The van der Waals surface area contributed by atoms with Crippen LogP contribution in [0.1, 0.15) is 165 Å². The molecule has 23 nitrogen and oxygen atoms in total. The maximum absolute atomic E-state index is 13.4. The Balaban J connectivity index is 0.535. The van der Waals surface area contributed by atoms with Crippen molar-refractivity contribution >= 4 is 121 Å². The third kappa shape index (κ3) is 17.1. The predicted octanol–water partition coefficient (Wildman–Crippen LogP) is 18.8. The molecule has 0 amide bonds. The molecule has 0 aliphatic carbocycles. The molecule has 3 spiro atoms. The van der Waals surface area contributed by atoms with Gasteiger partial charge in [-0.15, -0.1) is 0 Å². The molecule has 0 saturated carbocycles. The van der Waals surface area contributed by atoms with Crippen LogP contribution in [0.2, 0.25) is 0 Å². The van der Waals surface area contributed by atoms with Crippen molar-refractivity contribution in [3.63, 3.8) is 0 Å². The molecule has 0 aromatic heterocycles. The second-order valence-electron chi connectivity index (χ2n) is 36.3. The molecule has 6 aliphatic heterocycles. The van der Waals surface area contributed by atoms with Crippen LogP contribution in [0.4, 0.5) is 34.1 Å². The van der Waals surface area contributed by atoms with Crippen molar-refractivity contribution in [2.45, 2.75) is 206 Å². The molecule has 9 aromatic carbocycles. The number of hydrogen-bond donors (Lipinski definition) is 0. The highest BCUT2D eigenvalue weighted by Crippen LogP contribution is 2.59. The molecule has 9 aromatic rings. The summed E-state index contributed by atoms with van der Waals surface area (Å²) in [5.41, 5.74) is 6.93. The van der Waals surface area contributed by atoms with E-state index in [9.17, 15) is 28.8 Å². The summed E-state index contributed by atoms with van der Waals surface area (Å²) >= 11 is 0. The molecular formula is C100H112N6O17. The summed E-state index contributed by atoms with van der Waals surface area (Å²) in [4.78, 5) is 103. The van der Waals surface area contributed by atoms with E-state index in [-0.39, 0.29) is 88.5 Å². The monoisotopic (exact) mass is 1670 g/mol. The Labute approximate surface area is 719 Å². The topological polar surface area (TPSA) is 251 Å². The summed E-state index contributed by atoms with van der Waals surface area (Å²) in [7, 11) is 0. The van der Waals surface area contributed by atoms with E-state index >= 15 is 0 Å². The van der Waals surface area contributed by atoms with Gasteiger partial charge < -0.3 is 66.8 Å². The Morgan fingerprint density at radius 2 is 0.715 bits per heavy atom. The third-order valence-electron chi connectivity index (χ3n) is 24.6. The second kappa shape index (κ2) is 35.0. The van der Waals surface area contributed by atoms with Crippen molar-refractivity contribution in [1.82, 2.24) is 0 Å². The van der Waals surface area contributed by atoms with Gasteiger partial charge >= 0.3 is 35.8 Å². The van der Waals surface area contributed by atoms with Crippen molar-refractivity contribution in [3.05, 3.63) is 186 Å². The zero-order valence-corrected chi connectivity index (χ0v) is 73.1. The van der Waals surface area contributed by atoms with Crippen LogP contribution in [0.15, 0.2) is 179 Å². The number of anilines is 3. The number of carbonyl (C=O) groups excluding carboxylic acids is 6. The van der Waals surface area contributed by atoms with Crippen molar-refractivity contribution in [3.8, 4) is 28.7 Å². The lowest BCUT2D eigenvalue weighted by Gasteiger charge is -2.48. The van der Waals surface area contributed by atoms with Gasteiger partial charge in [-0.05, 0) is 171 Å². The molecule has 644 valence electrons. The van der Waals surface area contributed by atoms with Crippen LogP contribution in [-0.2, 0) is 79.9 Å². The lowest BCUT2D eigenvalue weighted by molar-refractivity contribution is -0.160. The number of carbonyl (C=O) groups is 6. The van der Waals surface area contributed by atoms with Crippen LogP contribution >= 0.6 is 0 Å². The number of esters is 6. The molecule has 0 fully saturated rings. The summed E-state index contributed by atoms with van der Waals surface area (Å²) in [6.07, 6.45) is 1.93. The third-order valence-corrected chi connectivity index (χ3v) is 24.6. The fourth-order valence-electron chi connectivity index (χ4n) is 18.3. The van der Waals surface area contributed by atoms with Gasteiger partial charge in [0.2, 0.25) is 11.4 Å². The van der Waals surface area contributed by atoms with Crippen LogP contribution in [0.3, 0.4) is 0 Å². The number of aliphatic imine (C=N–C) groups is 3. The van der Waals surface area contributed by atoms with Gasteiger partial charge in [-0.1, -0.05) is 152 Å². The van der Waals surface area contributed by atoms with Crippen molar-refractivity contribution < 1.29 is 80.9 Å². The van der Waals surface area contributed by atoms with Crippen LogP contribution in [0.25, 0.3) is 32.3 Å². The first-order valence-corrected chi connectivity index (χ1v) is 43.1. The maximum Gasteiger partial charge on any atom is 0.311 e. The fourth-order valence-corrected chi connectivity index (χ4v) is 18.3. The number of hydrogen-bond acceptors (Lipinski definition) is 23. The van der Waals surface area contributed by atoms with Gasteiger partial charge in [-0.2, -0.15) is 0 Å². The first-order chi connectivity index (χ1) is 58.8. The van der Waals surface area contributed by atoms with E-state index in [1.165, 1.54) is 22.4 Å². The Kier molecular flexibility index (Phi) is 24.6. The molecule has 15 rings (SSSR count). The number of ether oxygens (including phenoxy) is 11. The smallest absolute Gasteiger partial charge is 0.311 e. The van der Waals surface area contributed by atoms with E-state index in [1.807, 2.05) is 73.1 Å². The Morgan fingerprint density at radius 3 is 1.13 bits per heavy atom. The van der Waals surface area contributed by atoms with E-state index in [2.05, 4.69) is 177 Å². The van der Waals surface area contributed by atoms with E-state index < -0.39 is 88.1 Å². The first kappa shape index (κ1) is 86.4. The van der Waals surface area contributed by atoms with Crippen molar-refractivity contribution in [1.29, 1.82) is 0 Å². The van der Waals surface area contributed by atoms with Gasteiger partial charge in [-0.3, -0.25) is 43.7 Å². The highest BCUT2D eigenvalue weighted by molar-refractivity contribution is 6.04. The largest absolute Gasteiger partial charge is 0.460 e. The average molecular weight is 1670 g/mol. The van der Waals surface area contributed by atoms with Crippen LogP contribution in [0.5, 0.6) is 28.7 Å². The quantitative estimate of drug-likeness (QED) is 0.0216. The van der Waals surface area contributed by atoms with Gasteiger partial charge in [0.05, 0.1) is 106 Å². The van der Waals surface area contributed by atoms with Gasteiger partial charge in [0.1, 0.15) is 64.5 Å². The Hall–Kier alpha value is -11.5. The van der Waals surface area contributed by atoms with Gasteiger partial charge in [-0.25, -0.2) is 0 Å². The standard InChI is InChI=1S/C100H112N6O17/c1-61(2)50-104-81-25-19-16-22-78(81)95(10,11)98(104)49-70-29-28-67-30-35-71(46-75(67)92(70)101-58-98)119-89(110)43-40-86(107)116-64(7)53-113-56-74(115-55-66(9)118-88(109)42-45-91(112)121-73-37-32-69-34-39-85-94(77(69)48-73)103-60-100(123-85)97(14,15)80-24-18-21-27-83(80)106(100)52-63(5)6)57-114-54-65(8)117-87(108)41-44-90(111)120-72-36-31-68-33-38-84-93(76(68)47-72)102-59-99(122-84)96(12,13)79-23-17-20-26-82(79)105(99)51-62(3)4/h16-39,46-48,58-66,74H,40-45,49-57H2,1-15H3. The highest BCUT2D eigenvalue weighted by Gasteiger charge is 2.62. The van der Waals surface area contributed by atoms with Crippen molar-refractivity contribution in [2.24, 2.45) is 32.7 Å². The minimum atomic E-state index is -0.894. The van der Waals surface area contributed by atoms with Crippen LogP contribution in [0, 0.1) is 17.8 Å². The number of rotatable bonds is 32. The maximum atomic E-state index is 13.4. The summed E-state index contributed by atoms with van der Waals surface area (Å²) < 4.78 is 67.0. The highest BCUT2D eigenvalue weighted by atomic mass is 16.6. The average Bonchev–Trinajstić information content (AvgIpc) is 1.55. The molecule has 6 aliphatic rings. The van der Waals surface area contributed by atoms with E-state index in [4.69, 9.17) is 67.1 Å². The predicted molar refractivity (Wildman–Crippen MR) is 477 cm³/mol. The number of para-hydroxylation sites is 3. The number of benzene rings is 9. The van der Waals surface area contributed by atoms with E-state index in [0.717, 1.165) is 81.0 Å². The summed E-state index contributed by atoms with van der Waals surface area (Å²) in [5.74, 6) is -0.676. The van der Waals surface area contributed by atoms with Gasteiger partial charge in [0, 0.05) is 70.9 Å². The molecule has 7 atom stereocenters. The second-order valence-corrected chi connectivity index (χ2v) is 36.3. The minimum absolute atomic E-state index is 0.0759. The minimum Gasteiger partial charge on any atom is -0.460 e. The molecular weight excluding hydrogens is 1560 g/mol. The van der Waals surface area contributed by atoms with E-state index in [0.29, 0.717) is 46.4 Å². The van der Waals surface area contributed by atoms with Crippen LogP contribution in [-0.4, -0.2) is 149 Å². The molecule has 6 heterocycles. The molecule has 0 N–H and O–H groups in total. The molecule has 0 saturated heterocycles. The Morgan fingerprint density at radius 1 is 0.374 bits per heavy atom. The van der Waals surface area contributed by atoms with Gasteiger partial charge in [0.15, 0.2) is 0 Å². The normalized spacial score (nSPS) is 19.8. The first-order valence-electron chi connectivity index (χ1n) is 43.1. The molecule has 0 radical (unpaired) electrons. The summed E-state index contributed by atoms with van der Waals surface area (Å²) in [5, 5.41) is 5.01. The Bertz CT molecular complexity index is 5420. The van der Waals surface area contributed by atoms with E-state index in [1.54, 1.807) is 51.1 Å². The molecule has 23 heteroatoms. The molecule has 123 heavy (non-hydrogen) atoms. The lowest BCUT2D eigenvalue weighted by Crippen LogP contribution is -2.62. The van der Waals surface area contributed by atoms with Gasteiger partial charge in [0.25, 0.3) is 0 Å². The van der Waals surface area contributed by atoms with Crippen molar-refractivity contribution in [2.75, 3.05) is 67.4 Å². The van der Waals surface area contributed by atoms with Crippen LogP contribution < -0.4 is 38.4 Å². The molecule has 7 unspecified atom stereocenters. The summed E-state index contributed by atoms with van der Waals surface area (Å²) in [6.45, 7) is 33.4. The molecule has 0 bridgehead atoms. The number of nitrogens with zero attached hydrogens (tertiary/aromatic N) is 6. The zero-order chi connectivity index (χ0) is 87.1. The lowest BCUT2D eigenvalue weighted by atomic mass is 9.67. The summed E-state index contributed by atoms with van der Waals surface area (Å²) in [6, 6.07) is 53.5.